The van der Waals surface area contributed by atoms with Crippen molar-refractivity contribution < 1.29 is 14.9 Å². The lowest BCUT2D eigenvalue weighted by Crippen LogP contribution is -2.35. The summed E-state index contributed by atoms with van der Waals surface area (Å²) in [6.07, 6.45) is -0.308. The molecular formula is C11H14ClN5O3S. The zero-order valence-electron chi connectivity index (χ0n) is 11.0. The van der Waals surface area contributed by atoms with E-state index in [4.69, 9.17) is 22.1 Å². The average molecular weight is 332 g/mol. The van der Waals surface area contributed by atoms with Gasteiger partial charge in [-0.2, -0.15) is 4.98 Å². The monoisotopic (exact) mass is 331 g/mol. The second-order valence-electron chi connectivity index (χ2n) is 4.61. The van der Waals surface area contributed by atoms with Crippen molar-refractivity contribution in [2.75, 3.05) is 12.8 Å². The van der Waals surface area contributed by atoms with Crippen LogP contribution in [0.2, 0.25) is 5.28 Å². The molecule has 0 saturated carbocycles. The van der Waals surface area contributed by atoms with Crippen molar-refractivity contribution >= 4 is 34.5 Å². The van der Waals surface area contributed by atoms with Crippen LogP contribution in [0.4, 0.5) is 0 Å². The highest BCUT2D eigenvalue weighted by Gasteiger charge is 2.43. The molecule has 1 aliphatic heterocycles. The van der Waals surface area contributed by atoms with Crippen LogP contribution in [-0.4, -0.2) is 60.8 Å². The second kappa shape index (κ2) is 5.67. The lowest BCUT2D eigenvalue weighted by molar-refractivity contribution is -0.0322. The summed E-state index contributed by atoms with van der Waals surface area (Å²) in [5.41, 5.74) is 6.51. The normalized spacial score (nSPS) is 29.4. The van der Waals surface area contributed by atoms with E-state index in [1.807, 2.05) is 6.26 Å². The Morgan fingerprint density at radius 3 is 2.81 bits per heavy atom. The first-order chi connectivity index (χ1) is 10.1. The molecule has 114 valence electrons. The van der Waals surface area contributed by atoms with E-state index >= 15 is 0 Å². The summed E-state index contributed by atoms with van der Waals surface area (Å²) in [7, 11) is 0. The van der Waals surface area contributed by atoms with Crippen LogP contribution in [0.3, 0.4) is 0 Å². The summed E-state index contributed by atoms with van der Waals surface area (Å²) in [5.74, 6) is 0. The van der Waals surface area contributed by atoms with Gasteiger partial charge in [0, 0.05) is 6.54 Å². The zero-order valence-corrected chi connectivity index (χ0v) is 12.6. The third-order valence-electron chi connectivity index (χ3n) is 3.40. The number of aliphatic hydroxyl groups excluding tert-OH is 2. The van der Waals surface area contributed by atoms with E-state index in [9.17, 15) is 10.2 Å². The van der Waals surface area contributed by atoms with E-state index in [-0.39, 0.29) is 11.8 Å². The number of hydrogen-bond donors (Lipinski definition) is 3. The Labute approximate surface area is 129 Å². The number of ether oxygens (including phenoxy) is 1. The van der Waals surface area contributed by atoms with Crippen molar-refractivity contribution in [1.29, 1.82) is 0 Å². The highest BCUT2D eigenvalue weighted by molar-refractivity contribution is 7.98. The van der Waals surface area contributed by atoms with E-state index in [1.165, 1.54) is 22.7 Å². The van der Waals surface area contributed by atoms with E-state index in [1.54, 1.807) is 0 Å². The molecule has 1 fully saturated rings. The van der Waals surface area contributed by atoms with Gasteiger partial charge in [0.25, 0.3) is 0 Å². The maximum atomic E-state index is 10.1. The average Bonchev–Trinajstić information content (AvgIpc) is 3.01. The summed E-state index contributed by atoms with van der Waals surface area (Å²) in [5, 5.41) is 20.7. The molecule has 1 aliphatic rings. The summed E-state index contributed by atoms with van der Waals surface area (Å²) < 4.78 is 7.12. The summed E-state index contributed by atoms with van der Waals surface area (Å²) in [6, 6.07) is 0. The maximum absolute atomic E-state index is 10.1. The molecule has 8 nitrogen and oxygen atoms in total. The van der Waals surface area contributed by atoms with Crippen LogP contribution in [0.1, 0.15) is 6.23 Å². The van der Waals surface area contributed by atoms with Crippen LogP contribution >= 0.6 is 23.4 Å². The minimum atomic E-state index is -1.12. The summed E-state index contributed by atoms with van der Waals surface area (Å²) >= 11 is 7.30. The molecule has 0 spiro atoms. The second-order valence-corrected chi connectivity index (χ2v) is 5.74. The van der Waals surface area contributed by atoms with E-state index in [2.05, 4.69) is 15.0 Å². The van der Waals surface area contributed by atoms with Crippen LogP contribution < -0.4 is 5.73 Å². The van der Waals surface area contributed by atoms with Crippen LogP contribution in [-0.2, 0) is 4.74 Å². The van der Waals surface area contributed by atoms with Gasteiger partial charge in [-0.25, -0.2) is 9.97 Å². The highest BCUT2D eigenvalue weighted by atomic mass is 35.5. The van der Waals surface area contributed by atoms with Crippen molar-refractivity contribution in [3.05, 3.63) is 11.6 Å². The molecule has 1 saturated heterocycles. The number of fused-ring (bicyclic) bond motifs is 1. The van der Waals surface area contributed by atoms with Crippen LogP contribution in [0, 0.1) is 0 Å². The Bertz CT molecular complexity index is 669. The number of aromatic nitrogens is 4. The fraction of sp³-hybridized carbons (Fsp3) is 0.545. The first kappa shape index (κ1) is 14.9. The number of thioether (sulfide) groups is 1. The van der Waals surface area contributed by atoms with Crippen LogP contribution in [0.25, 0.3) is 11.2 Å². The molecule has 0 unspecified atom stereocenters. The molecule has 0 amide bonds. The van der Waals surface area contributed by atoms with Crippen LogP contribution in [0.15, 0.2) is 11.4 Å². The molecule has 0 bridgehead atoms. The van der Waals surface area contributed by atoms with Gasteiger partial charge in [-0.15, -0.1) is 11.8 Å². The maximum Gasteiger partial charge on any atom is 0.225 e. The van der Waals surface area contributed by atoms with E-state index < -0.39 is 24.5 Å². The fourth-order valence-electron chi connectivity index (χ4n) is 2.35. The smallest absolute Gasteiger partial charge is 0.225 e. The minimum absolute atomic E-state index is 0.0806. The topological polar surface area (TPSA) is 119 Å². The molecule has 4 atom stereocenters. The molecule has 3 heterocycles. The Morgan fingerprint density at radius 2 is 2.19 bits per heavy atom. The van der Waals surface area contributed by atoms with Crippen molar-refractivity contribution in [1.82, 2.24) is 19.5 Å². The van der Waals surface area contributed by atoms with Crippen molar-refractivity contribution in [2.45, 2.75) is 29.6 Å². The first-order valence-electron chi connectivity index (χ1n) is 6.22. The minimum Gasteiger partial charge on any atom is -0.387 e. The van der Waals surface area contributed by atoms with Gasteiger partial charge in [0.15, 0.2) is 11.9 Å². The van der Waals surface area contributed by atoms with Gasteiger partial charge >= 0.3 is 0 Å². The predicted molar refractivity (Wildman–Crippen MR) is 77.1 cm³/mol. The number of nitrogens with two attached hydrogens (primary N) is 1. The highest BCUT2D eigenvalue weighted by Crippen LogP contribution is 2.32. The van der Waals surface area contributed by atoms with Gasteiger partial charge in [-0.05, 0) is 17.9 Å². The van der Waals surface area contributed by atoms with E-state index in [0.717, 1.165) is 0 Å². The Kier molecular flexibility index (Phi) is 4.04. The molecule has 21 heavy (non-hydrogen) atoms. The Balaban J connectivity index is 2.07. The summed E-state index contributed by atoms with van der Waals surface area (Å²) in [4.78, 5) is 12.5. The van der Waals surface area contributed by atoms with Crippen molar-refractivity contribution in [3.63, 3.8) is 0 Å². The number of imidazole rings is 1. The first-order valence-corrected chi connectivity index (χ1v) is 7.82. The van der Waals surface area contributed by atoms with E-state index in [0.29, 0.717) is 16.2 Å². The molecule has 2 aromatic rings. The largest absolute Gasteiger partial charge is 0.387 e. The Hall–Kier alpha value is -0.970. The number of rotatable bonds is 3. The van der Waals surface area contributed by atoms with Gasteiger partial charge in [0.2, 0.25) is 5.28 Å². The van der Waals surface area contributed by atoms with Gasteiger partial charge < -0.3 is 20.7 Å². The SMILES string of the molecule is CSc1nc(Cl)nc2c1ncn2[C@@H]1O[C@H](CN)[C@@H](O)[C@H]1O. The lowest BCUT2D eigenvalue weighted by Gasteiger charge is -2.16. The van der Waals surface area contributed by atoms with Crippen molar-refractivity contribution in [3.8, 4) is 0 Å². The number of nitrogens with zero attached hydrogens (tertiary/aromatic N) is 4. The van der Waals surface area contributed by atoms with Gasteiger partial charge in [-0.1, -0.05) is 0 Å². The van der Waals surface area contributed by atoms with Crippen molar-refractivity contribution in [2.24, 2.45) is 5.73 Å². The Morgan fingerprint density at radius 1 is 1.43 bits per heavy atom. The molecule has 0 radical (unpaired) electrons. The fourth-order valence-corrected chi connectivity index (χ4v) is 3.08. The molecule has 0 aromatic carbocycles. The van der Waals surface area contributed by atoms with Gasteiger partial charge in [0.1, 0.15) is 28.9 Å². The van der Waals surface area contributed by atoms with Gasteiger partial charge in [0.05, 0.1) is 6.33 Å². The third-order valence-corrected chi connectivity index (χ3v) is 4.24. The standard InChI is InChI=1S/C11H14ClN5O3S/c1-21-9-5-8(15-11(12)16-9)17(3-14-5)10-7(19)6(18)4(2-13)20-10/h3-4,6-7,10,18-19H,2,13H2,1H3/t4-,6-,7-,10-/m1/s1. The molecular weight excluding hydrogens is 318 g/mol. The zero-order chi connectivity index (χ0) is 15.1. The number of hydrogen-bond acceptors (Lipinski definition) is 8. The molecule has 2 aromatic heterocycles. The third kappa shape index (κ3) is 2.39. The van der Waals surface area contributed by atoms with Crippen LogP contribution in [0.5, 0.6) is 0 Å². The quantitative estimate of drug-likeness (QED) is 0.401. The number of aliphatic hydroxyl groups is 2. The predicted octanol–water partition coefficient (Wildman–Crippen LogP) is -0.221. The molecule has 4 N–H and O–H groups in total. The summed E-state index contributed by atoms with van der Waals surface area (Å²) in [6.45, 7) is 0.104. The molecule has 10 heteroatoms. The lowest BCUT2D eigenvalue weighted by atomic mass is 10.1. The molecule has 0 aliphatic carbocycles. The van der Waals surface area contributed by atoms with Gasteiger partial charge in [-0.3, -0.25) is 4.57 Å². The number of halogens is 1. The molecule has 3 rings (SSSR count).